The molecule has 15 heavy (non-hydrogen) atoms. The smallest absolute Gasteiger partial charge is 0.0480 e. The Labute approximate surface area is 94.2 Å². The molecule has 0 radical (unpaired) electrons. The van der Waals surface area contributed by atoms with Crippen LogP contribution >= 0.6 is 0 Å². The number of nitrogens with zero attached hydrogens (tertiary/aromatic N) is 1. The molecule has 1 N–H and O–H groups in total. The van der Waals surface area contributed by atoms with E-state index in [4.69, 9.17) is 4.74 Å². The standard InChI is InChI=1S/C12H26N2O/c1-11(2)14(3)8-4-7-13-12-5-9-15-10-6-12/h11-13H,4-10H2,1-3H3. The van der Waals surface area contributed by atoms with Gasteiger partial charge in [-0.05, 0) is 53.2 Å². The van der Waals surface area contributed by atoms with E-state index in [1.54, 1.807) is 0 Å². The first kappa shape index (κ1) is 12.9. The van der Waals surface area contributed by atoms with Crippen molar-refractivity contribution in [2.45, 2.75) is 45.2 Å². The molecule has 90 valence electrons. The topological polar surface area (TPSA) is 24.5 Å². The van der Waals surface area contributed by atoms with E-state index in [1.165, 1.54) is 25.8 Å². The third-order valence-corrected chi connectivity index (χ3v) is 3.22. The zero-order valence-corrected chi connectivity index (χ0v) is 10.5. The summed E-state index contributed by atoms with van der Waals surface area (Å²) in [5.41, 5.74) is 0. The molecule has 0 aromatic rings. The predicted molar refractivity (Wildman–Crippen MR) is 64.2 cm³/mol. The van der Waals surface area contributed by atoms with Crippen LogP contribution in [0.25, 0.3) is 0 Å². The number of ether oxygens (including phenoxy) is 1. The molecule has 0 spiro atoms. The lowest BCUT2D eigenvalue weighted by molar-refractivity contribution is 0.0778. The zero-order chi connectivity index (χ0) is 11.1. The Morgan fingerprint density at radius 3 is 2.60 bits per heavy atom. The van der Waals surface area contributed by atoms with Crippen LogP contribution in [0.3, 0.4) is 0 Å². The summed E-state index contributed by atoms with van der Waals surface area (Å²) >= 11 is 0. The summed E-state index contributed by atoms with van der Waals surface area (Å²) < 4.78 is 5.33. The molecule has 0 aromatic carbocycles. The van der Waals surface area contributed by atoms with E-state index in [0.717, 1.165) is 19.8 Å². The van der Waals surface area contributed by atoms with Gasteiger partial charge in [0.05, 0.1) is 0 Å². The molecule has 0 bridgehead atoms. The van der Waals surface area contributed by atoms with Gasteiger partial charge in [-0.15, -0.1) is 0 Å². The second-order valence-electron chi connectivity index (χ2n) is 4.77. The van der Waals surface area contributed by atoms with Crippen LogP contribution in [-0.4, -0.2) is 50.3 Å². The minimum absolute atomic E-state index is 0.660. The highest BCUT2D eigenvalue weighted by Gasteiger charge is 2.12. The Morgan fingerprint density at radius 2 is 2.00 bits per heavy atom. The molecule has 1 heterocycles. The number of rotatable bonds is 6. The van der Waals surface area contributed by atoms with Gasteiger partial charge in [-0.2, -0.15) is 0 Å². The number of hydrogen-bond donors (Lipinski definition) is 1. The molecule has 1 saturated heterocycles. The second kappa shape index (κ2) is 7.20. The van der Waals surface area contributed by atoms with Crippen molar-refractivity contribution in [2.75, 3.05) is 33.4 Å². The Morgan fingerprint density at radius 1 is 1.33 bits per heavy atom. The Hall–Kier alpha value is -0.120. The summed E-state index contributed by atoms with van der Waals surface area (Å²) in [6, 6.07) is 1.36. The van der Waals surface area contributed by atoms with E-state index < -0.39 is 0 Å². The van der Waals surface area contributed by atoms with E-state index in [-0.39, 0.29) is 0 Å². The lowest BCUT2D eigenvalue weighted by Crippen LogP contribution is -2.37. The minimum atomic E-state index is 0.660. The molecule has 1 aliphatic rings. The lowest BCUT2D eigenvalue weighted by Gasteiger charge is -2.24. The van der Waals surface area contributed by atoms with E-state index >= 15 is 0 Å². The van der Waals surface area contributed by atoms with Crippen LogP contribution in [0.1, 0.15) is 33.1 Å². The highest BCUT2D eigenvalue weighted by Crippen LogP contribution is 2.05. The number of nitrogens with one attached hydrogen (secondary N) is 1. The maximum atomic E-state index is 5.33. The molecule has 1 aliphatic heterocycles. The Balaban J connectivity index is 1.96. The van der Waals surface area contributed by atoms with Gasteiger partial charge in [-0.1, -0.05) is 0 Å². The minimum Gasteiger partial charge on any atom is -0.381 e. The lowest BCUT2D eigenvalue weighted by atomic mass is 10.1. The van der Waals surface area contributed by atoms with Crippen molar-refractivity contribution in [1.29, 1.82) is 0 Å². The molecule has 0 unspecified atom stereocenters. The molecular weight excluding hydrogens is 188 g/mol. The third kappa shape index (κ3) is 5.50. The highest BCUT2D eigenvalue weighted by atomic mass is 16.5. The van der Waals surface area contributed by atoms with Crippen LogP contribution in [0.4, 0.5) is 0 Å². The first-order valence-corrected chi connectivity index (χ1v) is 6.21. The summed E-state index contributed by atoms with van der Waals surface area (Å²) in [4.78, 5) is 2.39. The maximum Gasteiger partial charge on any atom is 0.0480 e. The van der Waals surface area contributed by atoms with Gasteiger partial charge in [0.25, 0.3) is 0 Å². The van der Waals surface area contributed by atoms with Crippen molar-refractivity contribution < 1.29 is 4.74 Å². The van der Waals surface area contributed by atoms with Crippen LogP contribution in [0, 0.1) is 0 Å². The molecule has 1 fully saturated rings. The van der Waals surface area contributed by atoms with E-state index in [0.29, 0.717) is 12.1 Å². The fraction of sp³-hybridized carbons (Fsp3) is 1.00. The summed E-state index contributed by atoms with van der Waals surface area (Å²) in [7, 11) is 2.19. The Bertz CT molecular complexity index is 156. The van der Waals surface area contributed by atoms with Crippen LogP contribution in [0.15, 0.2) is 0 Å². The normalized spacial score (nSPS) is 19.0. The van der Waals surface area contributed by atoms with E-state index in [9.17, 15) is 0 Å². The van der Waals surface area contributed by atoms with Gasteiger partial charge in [0, 0.05) is 25.3 Å². The van der Waals surface area contributed by atoms with Gasteiger partial charge in [0.1, 0.15) is 0 Å². The molecular formula is C12H26N2O. The Kier molecular flexibility index (Phi) is 6.22. The van der Waals surface area contributed by atoms with Crippen molar-refractivity contribution in [2.24, 2.45) is 0 Å². The van der Waals surface area contributed by atoms with Crippen molar-refractivity contribution in [3.8, 4) is 0 Å². The maximum absolute atomic E-state index is 5.33. The van der Waals surface area contributed by atoms with E-state index in [2.05, 4.69) is 31.1 Å². The molecule has 0 atom stereocenters. The largest absolute Gasteiger partial charge is 0.381 e. The van der Waals surface area contributed by atoms with Crippen molar-refractivity contribution in [3.63, 3.8) is 0 Å². The molecule has 0 amide bonds. The van der Waals surface area contributed by atoms with Crippen LogP contribution in [0.5, 0.6) is 0 Å². The van der Waals surface area contributed by atoms with Gasteiger partial charge in [0.2, 0.25) is 0 Å². The average molecular weight is 214 g/mol. The summed E-state index contributed by atoms with van der Waals surface area (Å²) in [5, 5.41) is 3.61. The predicted octanol–water partition coefficient (Wildman–Crippen LogP) is 1.49. The van der Waals surface area contributed by atoms with Gasteiger partial charge in [-0.25, -0.2) is 0 Å². The molecule has 1 rings (SSSR count). The third-order valence-electron chi connectivity index (χ3n) is 3.22. The van der Waals surface area contributed by atoms with Crippen molar-refractivity contribution in [3.05, 3.63) is 0 Å². The summed E-state index contributed by atoms with van der Waals surface area (Å²) in [6.07, 6.45) is 3.60. The van der Waals surface area contributed by atoms with Crippen LogP contribution in [-0.2, 0) is 4.74 Å². The summed E-state index contributed by atoms with van der Waals surface area (Å²) in [6.45, 7) is 8.68. The number of hydrogen-bond acceptors (Lipinski definition) is 3. The van der Waals surface area contributed by atoms with Gasteiger partial charge < -0.3 is 15.0 Å². The molecule has 0 saturated carbocycles. The molecule has 0 aliphatic carbocycles. The molecule has 3 heteroatoms. The van der Waals surface area contributed by atoms with Gasteiger partial charge in [0.15, 0.2) is 0 Å². The zero-order valence-electron chi connectivity index (χ0n) is 10.5. The van der Waals surface area contributed by atoms with Crippen LogP contribution < -0.4 is 5.32 Å². The fourth-order valence-electron chi connectivity index (χ4n) is 1.79. The quantitative estimate of drug-likeness (QED) is 0.678. The SMILES string of the molecule is CC(C)N(C)CCCNC1CCOCC1. The van der Waals surface area contributed by atoms with Crippen molar-refractivity contribution in [1.82, 2.24) is 10.2 Å². The molecule has 0 aromatic heterocycles. The average Bonchev–Trinajstić information content (AvgIpc) is 2.25. The summed E-state index contributed by atoms with van der Waals surface area (Å²) in [5.74, 6) is 0. The first-order chi connectivity index (χ1) is 7.20. The van der Waals surface area contributed by atoms with E-state index in [1.807, 2.05) is 0 Å². The monoisotopic (exact) mass is 214 g/mol. The van der Waals surface area contributed by atoms with Crippen molar-refractivity contribution >= 4 is 0 Å². The van der Waals surface area contributed by atoms with Gasteiger partial charge in [-0.3, -0.25) is 0 Å². The fourth-order valence-corrected chi connectivity index (χ4v) is 1.79. The highest BCUT2D eigenvalue weighted by molar-refractivity contribution is 4.70. The van der Waals surface area contributed by atoms with Crippen LogP contribution in [0.2, 0.25) is 0 Å². The second-order valence-corrected chi connectivity index (χ2v) is 4.77. The molecule has 3 nitrogen and oxygen atoms in total. The van der Waals surface area contributed by atoms with Gasteiger partial charge >= 0.3 is 0 Å². The first-order valence-electron chi connectivity index (χ1n) is 6.21.